The zero-order valence-electron chi connectivity index (χ0n) is 16.1. The second-order valence-electron chi connectivity index (χ2n) is 7.36. The standard InChI is InChI=1S/C21H16O10/c1-9(29-17(23)11-3-5-13-15(7-11)21(27)31-19(13)25)8-28-16(22)10-2-4-12-14(6-10)20(26)30-18(12)24/h2-7,9,12-15H,8H2,1H3. The smallest absolute Gasteiger partial charge is 0.338 e. The van der Waals surface area contributed by atoms with Crippen LogP contribution in [0.5, 0.6) is 0 Å². The number of rotatable bonds is 5. The zero-order valence-corrected chi connectivity index (χ0v) is 16.1. The molecular formula is C21H16O10. The van der Waals surface area contributed by atoms with E-state index < -0.39 is 65.6 Å². The minimum absolute atomic E-state index is 0.0828. The summed E-state index contributed by atoms with van der Waals surface area (Å²) >= 11 is 0. The molecule has 0 saturated carbocycles. The topological polar surface area (TPSA) is 139 Å². The van der Waals surface area contributed by atoms with Crippen molar-refractivity contribution in [3.63, 3.8) is 0 Å². The number of ether oxygens (including phenoxy) is 4. The van der Waals surface area contributed by atoms with Gasteiger partial charge in [0, 0.05) is 0 Å². The van der Waals surface area contributed by atoms with Crippen LogP contribution in [0.3, 0.4) is 0 Å². The second-order valence-corrected chi connectivity index (χ2v) is 7.36. The fraction of sp³-hybridized carbons (Fsp3) is 0.333. The maximum Gasteiger partial charge on any atom is 0.338 e. The van der Waals surface area contributed by atoms with Gasteiger partial charge in [0.15, 0.2) is 0 Å². The molecule has 0 aromatic carbocycles. The van der Waals surface area contributed by atoms with Crippen molar-refractivity contribution in [2.45, 2.75) is 13.0 Å². The third-order valence-corrected chi connectivity index (χ3v) is 5.18. The molecule has 2 aliphatic carbocycles. The Hall–Kier alpha value is -3.82. The monoisotopic (exact) mass is 428 g/mol. The van der Waals surface area contributed by atoms with E-state index in [1.165, 1.54) is 43.4 Å². The Morgan fingerprint density at radius 3 is 1.77 bits per heavy atom. The minimum Gasteiger partial charge on any atom is -0.458 e. The van der Waals surface area contributed by atoms with E-state index in [9.17, 15) is 28.8 Å². The number of hydrogen-bond acceptors (Lipinski definition) is 10. The van der Waals surface area contributed by atoms with E-state index in [1.807, 2.05) is 0 Å². The third kappa shape index (κ3) is 3.83. The van der Waals surface area contributed by atoms with Crippen LogP contribution in [-0.2, 0) is 47.7 Å². The predicted molar refractivity (Wildman–Crippen MR) is 97.1 cm³/mol. The van der Waals surface area contributed by atoms with Crippen molar-refractivity contribution in [2.24, 2.45) is 23.7 Å². The summed E-state index contributed by atoms with van der Waals surface area (Å²) < 4.78 is 19.4. The highest BCUT2D eigenvalue weighted by Gasteiger charge is 2.44. The Morgan fingerprint density at radius 1 is 0.806 bits per heavy atom. The maximum absolute atomic E-state index is 12.3. The summed E-state index contributed by atoms with van der Waals surface area (Å²) in [6.07, 6.45) is 7.37. The molecule has 31 heavy (non-hydrogen) atoms. The summed E-state index contributed by atoms with van der Waals surface area (Å²) in [4.78, 5) is 70.8. The molecule has 4 rings (SSSR count). The average Bonchev–Trinajstić information content (AvgIpc) is 3.20. The van der Waals surface area contributed by atoms with Gasteiger partial charge in [-0.3, -0.25) is 19.2 Å². The van der Waals surface area contributed by atoms with Crippen molar-refractivity contribution in [1.82, 2.24) is 0 Å². The van der Waals surface area contributed by atoms with Gasteiger partial charge in [-0.15, -0.1) is 0 Å². The Kier molecular flexibility index (Phi) is 5.14. The van der Waals surface area contributed by atoms with Crippen LogP contribution in [0, 0.1) is 23.7 Å². The Labute approximate surface area is 175 Å². The van der Waals surface area contributed by atoms with Crippen LogP contribution in [-0.4, -0.2) is 48.5 Å². The minimum atomic E-state index is -0.865. The number of carbonyl (C=O) groups excluding carboxylic acids is 6. The van der Waals surface area contributed by atoms with E-state index in [0.29, 0.717) is 0 Å². The average molecular weight is 428 g/mol. The van der Waals surface area contributed by atoms with Crippen molar-refractivity contribution in [3.8, 4) is 0 Å². The van der Waals surface area contributed by atoms with Crippen LogP contribution in [0.2, 0.25) is 0 Å². The summed E-state index contributed by atoms with van der Waals surface area (Å²) in [5, 5.41) is 0. The number of hydrogen-bond donors (Lipinski definition) is 0. The summed E-state index contributed by atoms with van der Waals surface area (Å²) in [6, 6.07) is 0. The Bertz CT molecular complexity index is 1030. The van der Waals surface area contributed by atoms with Gasteiger partial charge >= 0.3 is 35.8 Å². The van der Waals surface area contributed by atoms with Crippen LogP contribution in [0.25, 0.3) is 0 Å². The Morgan fingerprint density at radius 2 is 1.26 bits per heavy atom. The molecule has 10 nitrogen and oxygen atoms in total. The molecule has 0 N–H and O–H groups in total. The molecule has 4 aliphatic rings. The van der Waals surface area contributed by atoms with Gasteiger partial charge in [0.2, 0.25) is 0 Å². The molecule has 0 bridgehead atoms. The van der Waals surface area contributed by atoms with Crippen molar-refractivity contribution < 1.29 is 47.7 Å². The number of esters is 6. The van der Waals surface area contributed by atoms with Crippen molar-refractivity contribution in [1.29, 1.82) is 0 Å². The molecule has 0 radical (unpaired) electrons. The van der Waals surface area contributed by atoms with Gasteiger partial charge in [-0.05, 0) is 6.92 Å². The lowest BCUT2D eigenvalue weighted by atomic mass is 9.88. The lowest BCUT2D eigenvalue weighted by Crippen LogP contribution is -2.26. The largest absolute Gasteiger partial charge is 0.458 e. The van der Waals surface area contributed by atoms with Gasteiger partial charge < -0.3 is 18.9 Å². The molecule has 2 aliphatic heterocycles. The molecule has 5 unspecified atom stereocenters. The summed E-state index contributed by atoms with van der Waals surface area (Å²) in [6.45, 7) is 1.24. The molecule has 0 amide bonds. The molecule has 2 heterocycles. The lowest BCUT2D eigenvalue weighted by Gasteiger charge is -2.17. The van der Waals surface area contributed by atoms with Gasteiger partial charge in [0.25, 0.3) is 0 Å². The second kappa shape index (κ2) is 7.78. The molecule has 0 aromatic rings. The summed E-state index contributed by atoms with van der Waals surface area (Å²) in [5.74, 6) is -7.50. The molecule has 0 aromatic heterocycles. The van der Waals surface area contributed by atoms with Crippen LogP contribution < -0.4 is 0 Å². The van der Waals surface area contributed by atoms with Gasteiger partial charge in [0.05, 0.1) is 34.8 Å². The van der Waals surface area contributed by atoms with E-state index >= 15 is 0 Å². The predicted octanol–water partition coefficient (Wildman–Crippen LogP) is 0.0853. The number of carbonyl (C=O) groups is 6. The SMILES string of the molecule is CC(COC(=O)C1=CC2C(=O)OC(=O)C2C=C1)OC(=O)C1=CC2C(=O)OC(=O)C2C=C1. The van der Waals surface area contributed by atoms with Crippen molar-refractivity contribution >= 4 is 35.8 Å². The van der Waals surface area contributed by atoms with E-state index in [0.717, 1.165) is 0 Å². The highest BCUT2D eigenvalue weighted by molar-refractivity contribution is 6.02. The van der Waals surface area contributed by atoms with Gasteiger partial charge in [0.1, 0.15) is 12.7 Å². The van der Waals surface area contributed by atoms with E-state index in [4.69, 9.17) is 9.47 Å². The van der Waals surface area contributed by atoms with E-state index in [1.54, 1.807) is 0 Å². The first-order valence-corrected chi connectivity index (χ1v) is 9.44. The molecular weight excluding hydrogens is 412 g/mol. The van der Waals surface area contributed by atoms with Crippen LogP contribution in [0.1, 0.15) is 6.92 Å². The number of fused-ring (bicyclic) bond motifs is 2. The van der Waals surface area contributed by atoms with Crippen molar-refractivity contribution in [2.75, 3.05) is 6.61 Å². The first kappa shape index (κ1) is 20.5. The molecule has 160 valence electrons. The molecule has 5 atom stereocenters. The van der Waals surface area contributed by atoms with Crippen molar-refractivity contribution in [3.05, 3.63) is 47.6 Å². The van der Waals surface area contributed by atoms with Gasteiger partial charge in [-0.25, -0.2) is 9.59 Å². The van der Waals surface area contributed by atoms with Gasteiger partial charge in [-0.2, -0.15) is 0 Å². The van der Waals surface area contributed by atoms with Crippen LogP contribution >= 0.6 is 0 Å². The van der Waals surface area contributed by atoms with Crippen LogP contribution in [0.4, 0.5) is 0 Å². The van der Waals surface area contributed by atoms with E-state index in [2.05, 4.69) is 9.47 Å². The Balaban J connectivity index is 1.30. The summed E-state index contributed by atoms with van der Waals surface area (Å²) in [7, 11) is 0. The maximum atomic E-state index is 12.3. The fourth-order valence-electron chi connectivity index (χ4n) is 3.54. The highest BCUT2D eigenvalue weighted by atomic mass is 16.6. The molecule has 2 saturated heterocycles. The van der Waals surface area contributed by atoms with E-state index in [-0.39, 0.29) is 17.8 Å². The number of cyclic esters (lactones) is 4. The summed E-state index contributed by atoms with van der Waals surface area (Å²) in [5.41, 5.74) is 0.166. The van der Waals surface area contributed by atoms with Gasteiger partial charge in [-0.1, -0.05) is 36.5 Å². The molecule has 2 fully saturated rings. The first-order chi connectivity index (χ1) is 14.7. The third-order valence-electron chi connectivity index (χ3n) is 5.18. The quantitative estimate of drug-likeness (QED) is 0.336. The highest BCUT2D eigenvalue weighted by Crippen LogP contribution is 2.32. The normalized spacial score (nSPS) is 29.3. The first-order valence-electron chi connectivity index (χ1n) is 9.44. The molecule has 10 heteroatoms. The van der Waals surface area contributed by atoms with Crippen LogP contribution in [0.15, 0.2) is 47.6 Å². The molecule has 0 spiro atoms. The lowest BCUT2D eigenvalue weighted by molar-refractivity contribution is -0.155. The zero-order chi connectivity index (χ0) is 22.3. The fourth-order valence-corrected chi connectivity index (χ4v) is 3.54.